The van der Waals surface area contributed by atoms with E-state index in [0.29, 0.717) is 25.4 Å². The van der Waals surface area contributed by atoms with Crippen molar-refractivity contribution in [1.29, 1.82) is 0 Å². The van der Waals surface area contributed by atoms with Crippen LogP contribution in [0.25, 0.3) is 33.5 Å². The maximum absolute atomic E-state index is 14.5. The molecule has 3 atom stereocenters. The van der Waals surface area contributed by atoms with Crippen molar-refractivity contribution in [3.05, 3.63) is 54.9 Å². The Bertz CT molecular complexity index is 1440. The van der Waals surface area contributed by atoms with Gasteiger partial charge in [0, 0.05) is 41.4 Å². The molecule has 3 aromatic heterocycles. The molecular formula is C26H28F2N7O3P. The van der Waals surface area contributed by atoms with Gasteiger partial charge in [-0.1, -0.05) is 46.5 Å². The molecule has 0 saturated carbocycles. The molecule has 39 heavy (non-hydrogen) atoms. The molecule has 1 aliphatic heterocycles. The number of likely N-dealkylation sites (tertiary alicyclic amines) is 1. The number of imidazole rings is 1. The van der Waals surface area contributed by atoms with Crippen LogP contribution < -0.4 is 5.32 Å². The molecule has 204 valence electrons. The number of ether oxygens (including phenoxy) is 1. The van der Waals surface area contributed by atoms with E-state index in [1.54, 1.807) is 26.2 Å². The molecule has 2 amide bonds. The van der Waals surface area contributed by atoms with Crippen LogP contribution in [0.4, 0.5) is 13.6 Å². The van der Waals surface area contributed by atoms with E-state index < -0.39 is 43.0 Å². The van der Waals surface area contributed by atoms with E-state index >= 15 is 0 Å². The van der Waals surface area contributed by atoms with Crippen LogP contribution in [-0.2, 0) is 9.53 Å². The van der Waals surface area contributed by atoms with E-state index in [0.717, 1.165) is 16.0 Å². The fourth-order valence-corrected chi connectivity index (χ4v) is 5.14. The minimum Gasteiger partial charge on any atom is -0.453 e. The highest BCUT2D eigenvalue weighted by Crippen LogP contribution is 2.41. The van der Waals surface area contributed by atoms with E-state index in [-0.39, 0.29) is 11.7 Å². The average molecular weight is 556 g/mol. The predicted molar refractivity (Wildman–Crippen MR) is 143 cm³/mol. The normalized spacial score (nSPS) is 17.6. The molecule has 5 rings (SSSR count). The van der Waals surface area contributed by atoms with Gasteiger partial charge in [-0.3, -0.25) is 4.79 Å². The molecule has 1 saturated heterocycles. The smallest absolute Gasteiger partial charge is 0.407 e. The highest BCUT2D eigenvalue weighted by Gasteiger charge is 2.50. The second kappa shape index (κ2) is 10.6. The van der Waals surface area contributed by atoms with E-state index in [2.05, 4.69) is 34.7 Å². The van der Waals surface area contributed by atoms with Gasteiger partial charge in [0.25, 0.3) is 5.92 Å². The highest BCUT2D eigenvalue weighted by molar-refractivity contribution is 7.30. The van der Waals surface area contributed by atoms with Crippen molar-refractivity contribution in [2.75, 3.05) is 13.7 Å². The largest absolute Gasteiger partial charge is 0.453 e. The van der Waals surface area contributed by atoms with Crippen molar-refractivity contribution in [1.82, 2.24) is 34.9 Å². The Kier molecular flexibility index (Phi) is 7.22. The SMILES string of the molecule is COC(=O)NC(C(=O)N1CC(F)(F)CC1c1ncc(-c2cnc(-c3ccc(-c4c[nH][pH]4)cc3)nc2)[nH]1)C(C)C. The van der Waals surface area contributed by atoms with Gasteiger partial charge in [-0.15, -0.1) is 0 Å². The van der Waals surface area contributed by atoms with Crippen LogP contribution in [0.5, 0.6) is 0 Å². The van der Waals surface area contributed by atoms with Crippen molar-refractivity contribution >= 4 is 20.4 Å². The molecule has 4 heterocycles. The number of alkyl carbamates (subject to hydrolysis) is 1. The van der Waals surface area contributed by atoms with Crippen molar-refractivity contribution in [2.24, 2.45) is 5.92 Å². The zero-order valence-electron chi connectivity index (χ0n) is 21.5. The number of hydrogen-bond donors (Lipinski definition) is 3. The van der Waals surface area contributed by atoms with Crippen LogP contribution in [0.3, 0.4) is 0 Å². The number of carbonyl (C=O) groups is 2. The number of amides is 2. The molecule has 13 heteroatoms. The van der Waals surface area contributed by atoms with Crippen LogP contribution in [0.15, 0.2) is 49.1 Å². The summed E-state index contributed by atoms with van der Waals surface area (Å²) >= 11 is 0. The lowest BCUT2D eigenvalue weighted by molar-refractivity contribution is -0.136. The maximum Gasteiger partial charge on any atom is 0.407 e. The summed E-state index contributed by atoms with van der Waals surface area (Å²) in [6, 6.07) is 5.97. The predicted octanol–water partition coefficient (Wildman–Crippen LogP) is 4.85. The van der Waals surface area contributed by atoms with Crippen LogP contribution in [0.2, 0.25) is 0 Å². The second-order valence-corrected chi connectivity index (χ2v) is 10.9. The Morgan fingerprint density at radius 1 is 1.10 bits per heavy atom. The van der Waals surface area contributed by atoms with Gasteiger partial charge in [0.05, 0.1) is 31.6 Å². The molecule has 1 aromatic carbocycles. The zero-order valence-corrected chi connectivity index (χ0v) is 22.5. The van der Waals surface area contributed by atoms with Crippen LogP contribution in [0, 0.1) is 5.92 Å². The van der Waals surface area contributed by atoms with E-state index in [4.69, 9.17) is 0 Å². The molecule has 1 aliphatic rings. The van der Waals surface area contributed by atoms with E-state index in [1.165, 1.54) is 18.6 Å². The van der Waals surface area contributed by atoms with Gasteiger partial charge >= 0.3 is 6.09 Å². The number of alkyl halides is 2. The summed E-state index contributed by atoms with van der Waals surface area (Å²) in [6.07, 6.45) is 5.37. The number of H-pyrrole nitrogens is 2. The molecule has 4 aromatic rings. The monoisotopic (exact) mass is 555 g/mol. The van der Waals surface area contributed by atoms with Gasteiger partial charge in [0.15, 0.2) is 5.82 Å². The van der Waals surface area contributed by atoms with Gasteiger partial charge in [-0.2, -0.15) is 0 Å². The summed E-state index contributed by atoms with van der Waals surface area (Å²) in [6.45, 7) is 2.66. The molecule has 0 bridgehead atoms. The molecule has 1 fully saturated rings. The molecule has 0 spiro atoms. The van der Waals surface area contributed by atoms with Crippen molar-refractivity contribution in [3.63, 3.8) is 0 Å². The van der Waals surface area contributed by atoms with Gasteiger partial charge in [0.2, 0.25) is 5.91 Å². The first-order valence-electron chi connectivity index (χ1n) is 12.4. The summed E-state index contributed by atoms with van der Waals surface area (Å²) in [7, 11) is 1.79. The lowest BCUT2D eigenvalue weighted by Crippen LogP contribution is -2.51. The number of methoxy groups -OCH3 is 1. The summed E-state index contributed by atoms with van der Waals surface area (Å²) in [5.74, 6) is -3.31. The Labute approximate surface area is 224 Å². The third kappa shape index (κ3) is 5.56. The summed E-state index contributed by atoms with van der Waals surface area (Å²) in [5, 5.41) is 3.73. The number of benzene rings is 1. The van der Waals surface area contributed by atoms with Crippen molar-refractivity contribution < 1.29 is 23.1 Å². The Morgan fingerprint density at radius 2 is 1.77 bits per heavy atom. The first kappa shape index (κ1) is 26.6. The van der Waals surface area contributed by atoms with E-state index in [9.17, 15) is 18.4 Å². The van der Waals surface area contributed by atoms with Gasteiger partial charge in [0.1, 0.15) is 11.9 Å². The highest BCUT2D eigenvalue weighted by atomic mass is 31.0. The number of carbonyl (C=O) groups excluding carboxylic acids is 2. The Hall–Kier alpha value is -4.05. The lowest BCUT2D eigenvalue weighted by Gasteiger charge is -2.29. The van der Waals surface area contributed by atoms with Crippen LogP contribution >= 0.6 is 8.35 Å². The number of halogens is 2. The minimum absolute atomic E-state index is 0.219. The van der Waals surface area contributed by atoms with Gasteiger partial charge < -0.3 is 24.7 Å². The number of aromatic nitrogens is 5. The Balaban J connectivity index is 1.34. The first-order chi connectivity index (χ1) is 18.6. The second-order valence-electron chi connectivity index (χ2n) is 9.78. The van der Waals surface area contributed by atoms with Gasteiger partial charge in [-0.25, -0.2) is 28.5 Å². The quantitative estimate of drug-likeness (QED) is 0.299. The number of nitrogens with one attached hydrogen (secondary N) is 3. The summed E-state index contributed by atoms with van der Waals surface area (Å²) in [5.41, 5.74) is 3.18. The van der Waals surface area contributed by atoms with Gasteiger partial charge in [-0.05, 0) is 11.5 Å². The summed E-state index contributed by atoms with van der Waals surface area (Å²) in [4.78, 5) is 42.4. The topological polar surface area (TPSA) is 129 Å². The maximum atomic E-state index is 14.5. The molecule has 10 nitrogen and oxygen atoms in total. The number of aromatic amines is 2. The van der Waals surface area contributed by atoms with Crippen molar-refractivity contribution in [2.45, 2.75) is 38.3 Å². The number of rotatable bonds is 7. The average Bonchev–Trinajstić information content (AvgIpc) is 3.50. The number of hydrogen-bond acceptors (Lipinski definition) is 6. The molecule has 0 aliphatic carbocycles. The Morgan fingerprint density at radius 3 is 2.36 bits per heavy atom. The third-order valence-corrected chi connectivity index (χ3v) is 7.69. The van der Waals surface area contributed by atoms with E-state index in [1.807, 2.05) is 30.5 Å². The fourth-order valence-electron chi connectivity index (χ4n) is 4.54. The van der Waals surface area contributed by atoms with Crippen LogP contribution in [-0.4, -0.2) is 67.2 Å². The summed E-state index contributed by atoms with van der Waals surface area (Å²) < 4.78 is 36.8. The van der Waals surface area contributed by atoms with Crippen molar-refractivity contribution in [3.8, 4) is 33.5 Å². The first-order valence-corrected chi connectivity index (χ1v) is 13.4. The lowest BCUT2D eigenvalue weighted by atomic mass is 10.0. The molecule has 0 radical (unpaired) electrons. The molecule has 3 unspecified atom stereocenters. The minimum atomic E-state index is -3.10. The third-order valence-electron chi connectivity index (χ3n) is 6.70. The zero-order chi connectivity index (χ0) is 27.7. The fraction of sp³-hybridized carbons (Fsp3) is 0.346. The standard InChI is InChI=1S/C26H28F2N7O3P/c1-14(2)21(34-25(37)38-3)24(36)35-13-26(27,28)8-19(35)23-31-11-18(33-23)17-9-29-22(30-10-17)16-6-4-15(5-7-16)20-12-32-39-20/h4-7,9-12,14,19,21,32,39H,8,13H2,1-3H3,(H,31,33)(H,34,37). The molecular weight excluding hydrogens is 527 g/mol. The van der Waals surface area contributed by atoms with Crippen LogP contribution in [0.1, 0.15) is 32.1 Å². The molecule has 3 N–H and O–H groups in total. The number of nitrogens with zero attached hydrogens (tertiary/aromatic N) is 4.